The van der Waals surface area contributed by atoms with Gasteiger partial charge in [0.15, 0.2) is 5.75 Å². The zero-order chi connectivity index (χ0) is 13.9. The zero-order valence-corrected chi connectivity index (χ0v) is 11.6. The van der Waals surface area contributed by atoms with Crippen LogP contribution >= 0.6 is 22.6 Å². The van der Waals surface area contributed by atoms with E-state index in [1.165, 1.54) is 14.0 Å². The number of hydrogen-bond acceptors (Lipinski definition) is 4. The van der Waals surface area contributed by atoms with Crippen molar-refractivity contribution in [2.24, 2.45) is 0 Å². The molecule has 0 saturated heterocycles. The topological polar surface area (TPSA) is 48.4 Å². The Labute approximate surface area is 115 Å². The number of aromatic nitrogens is 1. The van der Waals surface area contributed by atoms with Gasteiger partial charge in [-0.1, -0.05) is 0 Å². The molecule has 8 heteroatoms. The van der Waals surface area contributed by atoms with Crippen molar-refractivity contribution >= 4 is 28.6 Å². The van der Waals surface area contributed by atoms with E-state index in [0.29, 0.717) is 9.26 Å². The number of methoxy groups -OCH3 is 1. The highest BCUT2D eigenvalue weighted by Gasteiger charge is 2.32. The third-order valence-corrected chi connectivity index (χ3v) is 3.07. The van der Waals surface area contributed by atoms with Gasteiger partial charge in [0.05, 0.1) is 19.7 Å². The zero-order valence-electron chi connectivity index (χ0n) is 9.47. The second kappa shape index (κ2) is 5.72. The molecule has 1 heterocycles. The van der Waals surface area contributed by atoms with Crippen LogP contribution in [0, 0.1) is 10.6 Å². The molecular formula is C10H9F3INO3. The van der Waals surface area contributed by atoms with Crippen molar-refractivity contribution in [2.75, 3.05) is 7.11 Å². The number of ether oxygens (including phenoxy) is 2. The number of esters is 1. The SMILES string of the molecule is COC(=O)Cc1c(I)ncc(OC(F)(F)F)c1C. The molecule has 0 aliphatic carbocycles. The maximum absolute atomic E-state index is 12.1. The van der Waals surface area contributed by atoms with Gasteiger partial charge >= 0.3 is 12.3 Å². The predicted molar refractivity (Wildman–Crippen MR) is 64.1 cm³/mol. The summed E-state index contributed by atoms with van der Waals surface area (Å²) in [7, 11) is 1.20. The van der Waals surface area contributed by atoms with Crippen molar-refractivity contribution in [3.05, 3.63) is 21.0 Å². The minimum Gasteiger partial charge on any atom is -0.469 e. The van der Waals surface area contributed by atoms with Gasteiger partial charge in [0.1, 0.15) is 3.70 Å². The van der Waals surface area contributed by atoms with E-state index in [0.717, 1.165) is 6.20 Å². The van der Waals surface area contributed by atoms with Gasteiger partial charge in [0.2, 0.25) is 0 Å². The van der Waals surface area contributed by atoms with Gasteiger partial charge in [0.25, 0.3) is 0 Å². The third kappa shape index (κ3) is 4.00. The first-order valence-corrected chi connectivity index (χ1v) is 5.79. The van der Waals surface area contributed by atoms with Crippen LogP contribution in [-0.4, -0.2) is 24.4 Å². The number of pyridine rings is 1. The van der Waals surface area contributed by atoms with Crippen LogP contribution in [0.25, 0.3) is 0 Å². The lowest BCUT2D eigenvalue weighted by Crippen LogP contribution is -2.19. The van der Waals surface area contributed by atoms with Crippen molar-refractivity contribution < 1.29 is 27.4 Å². The molecule has 18 heavy (non-hydrogen) atoms. The Morgan fingerprint density at radius 2 is 2.11 bits per heavy atom. The largest absolute Gasteiger partial charge is 0.573 e. The van der Waals surface area contributed by atoms with Crippen LogP contribution in [-0.2, 0) is 16.0 Å². The number of rotatable bonds is 3. The summed E-state index contributed by atoms with van der Waals surface area (Å²) in [6.07, 6.45) is -3.96. The van der Waals surface area contributed by atoms with Crippen molar-refractivity contribution in [1.29, 1.82) is 0 Å². The summed E-state index contributed by atoms with van der Waals surface area (Å²) in [5.41, 5.74) is 0.585. The fourth-order valence-corrected chi connectivity index (χ4v) is 1.98. The standard InChI is InChI=1S/C10H9F3INO3/c1-5-6(3-8(16)17-2)9(14)15-4-7(5)18-10(11,12)13/h4H,3H2,1-2H3. The lowest BCUT2D eigenvalue weighted by Gasteiger charge is -2.14. The molecule has 0 unspecified atom stereocenters. The molecule has 1 rings (SSSR count). The summed E-state index contributed by atoms with van der Waals surface area (Å²) in [5, 5.41) is 0. The van der Waals surface area contributed by atoms with E-state index in [1.807, 2.05) is 22.6 Å². The molecule has 0 amide bonds. The summed E-state index contributed by atoms with van der Waals surface area (Å²) in [6, 6.07) is 0. The number of halogens is 4. The second-order valence-corrected chi connectivity index (χ2v) is 4.34. The van der Waals surface area contributed by atoms with Crippen LogP contribution in [0.5, 0.6) is 5.75 Å². The van der Waals surface area contributed by atoms with E-state index in [2.05, 4.69) is 14.5 Å². The van der Waals surface area contributed by atoms with Crippen molar-refractivity contribution in [2.45, 2.75) is 19.7 Å². The van der Waals surface area contributed by atoms with Gasteiger partial charge in [-0.15, -0.1) is 13.2 Å². The van der Waals surface area contributed by atoms with Gasteiger partial charge < -0.3 is 9.47 Å². The van der Waals surface area contributed by atoms with Crippen molar-refractivity contribution in [3.8, 4) is 5.75 Å². The Bertz CT molecular complexity index is 462. The fourth-order valence-electron chi connectivity index (χ4n) is 1.24. The van der Waals surface area contributed by atoms with E-state index in [1.54, 1.807) is 0 Å². The van der Waals surface area contributed by atoms with E-state index < -0.39 is 18.1 Å². The first kappa shape index (κ1) is 15.0. The summed E-state index contributed by atoms with van der Waals surface area (Å²) in [5.74, 6) is -0.969. The number of carbonyl (C=O) groups is 1. The molecule has 100 valence electrons. The van der Waals surface area contributed by atoms with Crippen LogP contribution in [0.4, 0.5) is 13.2 Å². The molecule has 0 spiro atoms. The highest BCUT2D eigenvalue weighted by molar-refractivity contribution is 14.1. The van der Waals surface area contributed by atoms with E-state index in [-0.39, 0.29) is 12.0 Å². The molecule has 1 aromatic heterocycles. The van der Waals surface area contributed by atoms with Crippen LogP contribution < -0.4 is 4.74 Å². The summed E-state index contributed by atoms with van der Waals surface area (Å²) < 4.78 is 45.1. The third-order valence-electron chi connectivity index (χ3n) is 2.14. The lowest BCUT2D eigenvalue weighted by atomic mass is 10.1. The average Bonchev–Trinajstić information content (AvgIpc) is 2.26. The molecule has 0 atom stereocenters. The Morgan fingerprint density at radius 3 is 2.61 bits per heavy atom. The van der Waals surface area contributed by atoms with Crippen LogP contribution in [0.15, 0.2) is 6.20 Å². The summed E-state index contributed by atoms with van der Waals surface area (Å²) in [6.45, 7) is 1.43. The van der Waals surface area contributed by atoms with Crippen molar-refractivity contribution in [1.82, 2.24) is 4.98 Å². The van der Waals surface area contributed by atoms with Gasteiger partial charge in [-0.25, -0.2) is 4.98 Å². The van der Waals surface area contributed by atoms with E-state index in [9.17, 15) is 18.0 Å². The predicted octanol–water partition coefficient (Wildman–Crippen LogP) is 2.61. The van der Waals surface area contributed by atoms with Gasteiger partial charge in [-0.05, 0) is 35.1 Å². The van der Waals surface area contributed by atoms with E-state index in [4.69, 9.17) is 0 Å². The fraction of sp³-hybridized carbons (Fsp3) is 0.400. The lowest BCUT2D eigenvalue weighted by molar-refractivity contribution is -0.275. The van der Waals surface area contributed by atoms with Crippen molar-refractivity contribution in [3.63, 3.8) is 0 Å². The highest BCUT2D eigenvalue weighted by atomic mass is 127. The Hall–Kier alpha value is -1.06. The second-order valence-electron chi connectivity index (χ2n) is 3.32. The molecular weight excluding hydrogens is 366 g/mol. The summed E-state index contributed by atoms with van der Waals surface area (Å²) in [4.78, 5) is 14.9. The van der Waals surface area contributed by atoms with Gasteiger partial charge in [0, 0.05) is 5.56 Å². The minimum absolute atomic E-state index is 0.150. The molecule has 0 aromatic carbocycles. The molecule has 0 fully saturated rings. The maximum Gasteiger partial charge on any atom is 0.573 e. The average molecular weight is 375 g/mol. The maximum atomic E-state index is 12.1. The first-order valence-electron chi connectivity index (χ1n) is 4.71. The quantitative estimate of drug-likeness (QED) is 0.463. The van der Waals surface area contributed by atoms with Gasteiger partial charge in [-0.2, -0.15) is 0 Å². The molecule has 0 bridgehead atoms. The Kier molecular flexibility index (Phi) is 4.77. The normalized spacial score (nSPS) is 11.2. The Morgan fingerprint density at radius 1 is 1.50 bits per heavy atom. The van der Waals surface area contributed by atoms with Crippen LogP contribution in [0.3, 0.4) is 0 Å². The molecule has 0 N–H and O–H groups in total. The molecule has 0 saturated carbocycles. The number of alkyl halides is 3. The Balaban J connectivity index is 3.10. The van der Waals surface area contributed by atoms with Gasteiger partial charge in [-0.3, -0.25) is 4.79 Å². The minimum atomic E-state index is -4.79. The molecule has 0 aliphatic rings. The molecule has 4 nitrogen and oxygen atoms in total. The van der Waals surface area contributed by atoms with E-state index >= 15 is 0 Å². The van der Waals surface area contributed by atoms with Crippen LogP contribution in [0.2, 0.25) is 0 Å². The smallest absolute Gasteiger partial charge is 0.469 e. The summed E-state index contributed by atoms with van der Waals surface area (Å²) >= 11 is 1.83. The number of nitrogens with zero attached hydrogens (tertiary/aromatic N) is 1. The molecule has 1 aromatic rings. The monoisotopic (exact) mass is 375 g/mol. The van der Waals surface area contributed by atoms with Crippen LogP contribution in [0.1, 0.15) is 11.1 Å². The number of carbonyl (C=O) groups excluding carboxylic acids is 1. The molecule has 0 aliphatic heterocycles. The molecule has 0 radical (unpaired) electrons. The number of hydrogen-bond donors (Lipinski definition) is 0. The first-order chi connectivity index (χ1) is 8.24. The highest BCUT2D eigenvalue weighted by Crippen LogP contribution is 2.29.